The minimum absolute atomic E-state index is 0.269. The van der Waals surface area contributed by atoms with Crippen LogP contribution < -0.4 is 10.5 Å². The number of aromatic nitrogens is 2. The lowest BCUT2D eigenvalue weighted by atomic mass is 9.74. The number of nitrogens with zero attached hydrogens (tertiary/aromatic N) is 3. The van der Waals surface area contributed by atoms with Gasteiger partial charge in [-0.3, -0.25) is 15.0 Å². The second-order valence-corrected chi connectivity index (χ2v) is 6.32. The van der Waals surface area contributed by atoms with Crippen molar-refractivity contribution in [2.45, 2.75) is 11.6 Å². The molecule has 0 aliphatic carbocycles. The van der Waals surface area contributed by atoms with Crippen molar-refractivity contribution in [2.24, 2.45) is 10.7 Å². The fourth-order valence-corrected chi connectivity index (χ4v) is 3.79. The molecule has 128 valence electrons. The molecule has 2 N–H and O–H groups in total. The summed E-state index contributed by atoms with van der Waals surface area (Å²) >= 11 is 0. The third-order valence-corrected chi connectivity index (χ3v) is 4.80. The van der Waals surface area contributed by atoms with Gasteiger partial charge in [-0.25, -0.2) is 0 Å². The van der Waals surface area contributed by atoms with Crippen molar-refractivity contribution in [3.8, 4) is 11.5 Å². The standard InChI is InChI=1S/C20H16N4O2/c21-18-12-25-19(13-4-3-8-22-10-13)20(24-18)14-5-1-2-6-16(14)26-17-11-23-9-7-15(17)20/h1-11,19H,12H2,(H2,21,24). The van der Waals surface area contributed by atoms with Gasteiger partial charge in [-0.1, -0.05) is 24.3 Å². The largest absolute Gasteiger partial charge is 0.455 e. The maximum absolute atomic E-state index is 6.21. The number of hydrogen-bond donors (Lipinski definition) is 1. The SMILES string of the molecule is NC1=NC2(c3ccccc3Oc3cnccc32)C(c2cccnc2)OC1. The first-order valence-corrected chi connectivity index (χ1v) is 8.36. The normalized spacial score (nSPS) is 23.5. The predicted molar refractivity (Wildman–Crippen MR) is 96.1 cm³/mol. The zero-order chi connectivity index (χ0) is 17.6. The average molecular weight is 344 g/mol. The lowest BCUT2D eigenvalue weighted by molar-refractivity contribution is 0.0157. The Morgan fingerprint density at radius 2 is 1.77 bits per heavy atom. The number of fused-ring (bicyclic) bond motifs is 4. The monoisotopic (exact) mass is 344 g/mol. The molecule has 3 aromatic rings. The van der Waals surface area contributed by atoms with Crippen LogP contribution in [0.3, 0.4) is 0 Å². The number of pyridine rings is 2. The van der Waals surface area contributed by atoms with Crippen LogP contribution >= 0.6 is 0 Å². The van der Waals surface area contributed by atoms with Crippen LogP contribution in [0.25, 0.3) is 0 Å². The van der Waals surface area contributed by atoms with Gasteiger partial charge in [-0.15, -0.1) is 0 Å². The molecular weight excluding hydrogens is 328 g/mol. The number of hydrogen-bond acceptors (Lipinski definition) is 6. The van der Waals surface area contributed by atoms with Crippen molar-refractivity contribution < 1.29 is 9.47 Å². The lowest BCUT2D eigenvalue weighted by Gasteiger charge is -2.44. The van der Waals surface area contributed by atoms with Crippen molar-refractivity contribution >= 4 is 5.84 Å². The minimum Gasteiger partial charge on any atom is -0.455 e. The van der Waals surface area contributed by atoms with E-state index in [9.17, 15) is 0 Å². The molecule has 2 atom stereocenters. The smallest absolute Gasteiger partial charge is 0.151 e. The van der Waals surface area contributed by atoms with Crippen LogP contribution in [0.1, 0.15) is 22.8 Å². The van der Waals surface area contributed by atoms with E-state index in [1.54, 1.807) is 18.6 Å². The van der Waals surface area contributed by atoms with Gasteiger partial charge < -0.3 is 15.2 Å². The number of amidine groups is 1. The Labute approximate surface area is 150 Å². The number of rotatable bonds is 1. The Balaban J connectivity index is 1.86. The number of aliphatic imine (C=N–C) groups is 1. The van der Waals surface area contributed by atoms with E-state index >= 15 is 0 Å². The summed E-state index contributed by atoms with van der Waals surface area (Å²) in [6.45, 7) is 0.269. The van der Waals surface area contributed by atoms with Gasteiger partial charge in [0, 0.05) is 35.3 Å². The van der Waals surface area contributed by atoms with E-state index in [4.69, 9.17) is 20.2 Å². The van der Waals surface area contributed by atoms with E-state index in [1.165, 1.54) is 0 Å². The van der Waals surface area contributed by atoms with E-state index in [-0.39, 0.29) is 12.7 Å². The van der Waals surface area contributed by atoms with E-state index in [2.05, 4.69) is 9.97 Å². The van der Waals surface area contributed by atoms with Crippen LogP contribution in [-0.2, 0) is 10.3 Å². The lowest BCUT2D eigenvalue weighted by Crippen LogP contribution is -2.44. The Morgan fingerprint density at radius 3 is 2.65 bits per heavy atom. The van der Waals surface area contributed by atoms with Gasteiger partial charge in [0.2, 0.25) is 0 Å². The van der Waals surface area contributed by atoms with Crippen LogP contribution in [0.15, 0.2) is 72.2 Å². The highest BCUT2D eigenvalue weighted by Gasteiger charge is 2.51. The zero-order valence-electron chi connectivity index (χ0n) is 13.9. The number of para-hydroxylation sites is 1. The summed E-state index contributed by atoms with van der Waals surface area (Å²) in [5.41, 5.74) is 8.02. The first-order valence-electron chi connectivity index (χ1n) is 8.36. The summed E-state index contributed by atoms with van der Waals surface area (Å²) in [6, 6.07) is 13.6. The van der Waals surface area contributed by atoms with Gasteiger partial charge in [0.1, 0.15) is 24.3 Å². The quantitative estimate of drug-likeness (QED) is 0.734. The molecule has 4 heterocycles. The molecule has 2 aliphatic rings. The van der Waals surface area contributed by atoms with Gasteiger partial charge in [0.05, 0.1) is 6.20 Å². The number of ether oxygens (including phenoxy) is 2. The van der Waals surface area contributed by atoms with Crippen molar-refractivity contribution in [3.05, 3.63) is 83.9 Å². The molecule has 0 saturated heterocycles. The second-order valence-electron chi connectivity index (χ2n) is 6.32. The molecule has 0 amide bonds. The topological polar surface area (TPSA) is 82.6 Å². The van der Waals surface area contributed by atoms with Crippen LogP contribution in [0.2, 0.25) is 0 Å². The van der Waals surface area contributed by atoms with Crippen LogP contribution in [0, 0.1) is 0 Å². The van der Waals surface area contributed by atoms with Crippen LogP contribution in [0.5, 0.6) is 11.5 Å². The maximum Gasteiger partial charge on any atom is 0.151 e. The summed E-state index contributed by atoms with van der Waals surface area (Å²) in [6.07, 6.45) is 6.61. The fourth-order valence-electron chi connectivity index (χ4n) is 3.79. The van der Waals surface area contributed by atoms with Gasteiger partial charge >= 0.3 is 0 Å². The molecule has 6 nitrogen and oxygen atoms in total. The van der Waals surface area contributed by atoms with Crippen LogP contribution in [0.4, 0.5) is 0 Å². The highest BCUT2D eigenvalue weighted by atomic mass is 16.5. The molecule has 2 aliphatic heterocycles. The summed E-state index contributed by atoms with van der Waals surface area (Å²) in [4.78, 5) is 13.4. The maximum atomic E-state index is 6.21. The molecule has 2 aromatic heterocycles. The third-order valence-electron chi connectivity index (χ3n) is 4.80. The molecule has 0 bridgehead atoms. The Hall–Kier alpha value is -3.25. The van der Waals surface area contributed by atoms with E-state index < -0.39 is 5.54 Å². The van der Waals surface area contributed by atoms with Crippen molar-refractivity contribution in [3.63, 3.8) is 0 Å². The molecule has 26 heavy (non-hydrogen) atoms. The molecular formula is C20H16N4O2. The molecule has 0 fully saturated rings. The van der Waals surface area contributed by atoms with E-state index in [0.717, 1.165) is 22.4 Å². The van der Waals surface area contributed by atoms with Crippen molar-refractivity contribution in [1.82, 2.24) is 9.97 Å². The zero-order valence-corrected chi connectivity index (χ0v) is 13.9. The second kappa shape index (κ2) is 5.64. The molecule has 2 unspecified atom stereocenters. The Bertz CT molecular complexity index is 958. The molecule has 1 aromatic carbocycles. The first-order chi connectivity index (χ1) is 12.8. The highest BCUT2D eigenvalue weighted by molar-refractivity contribution is 5.84. The average Bonchev–Trinajstić information content (AvgIpc) is 2.69. The number of nitrogens with two attached hydrogens (primary N) is 1. The summed E-state index contributed by atoms with van der Waals surface area (Å²) in [5, 5.41) is 0. The molecule has 0 radical (unpaired) electrons. The van der Waals surface area contributed by atoms with E-state index in [0.29, 0.717) is 11.6 Å². The summed E-state index contributed by atoms with van der Waals surface area (Å²) < 4.78 is 12.3. The summed E-state index contributed by atoms with van der Waals surface area (Å²) in [5.74, 6) is 1.83. The van der Waals surface area contributed by atoms with Gasteiger partial charge in [-0.2, -0.15) is 0 Å². The highest BCUT2D eigenvalue weighted by Crippen LogP contribution is 2.56. The van der Waals surface area contributed by atoms with E-state index in [1.807, 2.05) is 48.7 Å². The minimum atomic E-state index is -0.849. The Morgan fingerprint density at radius 1 is 0.923 bits per heavy atom. The molecule has 6 heteroatoms. The van der Waals surface area contributed by atoms with Gasteiger partial charge in [0.15, 0.2) is 11.3 Å². The molecule has 5 rings (SSSR count). The summed E-state index contributed by atoms with van der Waals surface area (Å²) in [7, 11) is 0. The van der Waals surface area contributed by atoms with Crippen molar-refractivity contribution in [1.29, 1.82) is 0 Å². The first kappa shape index (κ1) is 15.0. The molecule has 0 saturated carbocycles. The number of benzene rings is 1. The fraction of sp³-hybridized carbons (Fsp3) is 0.150. The van der Waals surface area contributed by atoms with Crippen LogP contribution in [-0.4, -0.2) is 22.4 Å². The molecule has 1 spiro atoms. The van der Waals surface area contributed by atoms with Gasteiger partial charge in [0.25, 0.3) is 0 Å². The third kappa shape index (κ3) is 2.06. The Kier molecular flexibility index (Phi) is 3.26. The van der Waals surface area contributed by atoms with Crippen molar-refractivity contribution in [2.75, 3.05) is 6.61 Å². The predicted octanol–water partition coefficient (Wildman–Crippen LogP) is 2.95. The van der Waals surface area contributed by atoms with Gasteiger partial charge in [-0.05, 0) is 18.2 Å².